The van der Waals surface area contributed by atoms with Crippen molar-refractivity contribution in [3.8, 4) is 0 Å². The van der Waals surface area contributed by atoms with Gasteiger partial charge in [-0.3, -0.25) is 9.59 Å². The molecule has 0 spiro atoms. The van der Waals surface area contributed by atoms with Crippen molar-refractivity contribution in [3.05, 3.63) is 0 Å². The topological polar surface area (TPSA) is 55.4 Å². The van der Waals surface area contributed by atoms with Gasteiger partial charge in [-0.15, -0.1) is 0 Å². The van der Waals surface area contributed by atoms with E-state index in [0.717, 1.165) is 14.0 Å². The van der Waals surface area contributed by atoms with Crippen LogP contribution in [-0.2, 0) is 14.3 Å². The van der Waals surface area contributed by atoms with Gasteiger partial charge in [0, 0.05) is 6.92 Å². The number of ether oxygens (including phenoxy) is 1. The molecule has 0 aliphatic carbocycles. The van der Waals surface area contributed by atoms with Crippen LogP contribution in [0.5, 0.6) is 0 Å². The van der Waals surface area contributed by atoms with Gasteiger partial charge in [0.25, 0.3) is 0 Å². The minimum Gasteiger partial charge on any atom is -0.469 e. The molecule has 0 saturated carbocycles. The highest BCUT2D eigenvalue weighted by Gasteiger charge is 2.41. The molecule has 0 saturated heterocycles. The molecule has 0 unspecified atom stereocenters. The van der Waals surface area contributed by atoms with Crippen molar-refractivity contribution in [1.29, 1.82) is 0 Å². The molecular formula is C7H10F3NO3. The van der Waals surface area contributed by atoms with Crippen LogP contribution in [0.25, 0.3) is 0 Å². The monoisotopic (exact) mass is 213 g/mol. The lowest BCUT2D eigenvalue weighted by Gasteiger charge is -2.19. The van der Waals surface area contributed by atoms with Crippen LogP contribution in [-0.4, -0.2) is 31.2 Å². The maximum Gasteiger partial charge on any atom is 0.409 e. The number of methoxy groups -OCH3 is 1. The lowest BCUT2D eigenvalue weighted by atomic mass is 10.2. The number of esters is 1. The molecule has 82 valence electrons. The van der Waals surface area contributed by atoms with E-state index in [-0.39, 0.29) is 0 Å². The summed E-state index contributed by atoms with van der Waals surface area (Å²) >= 11 is 0. The first kappa shape index (κ1) is 12.7. The van der Waals surface area contributed by atoms with Crippen LogP contribution in [0.4, 0.5) is 13.2 Å². The molecule has 0 fully saturated rings. The fourth-order valence-electron chi connectivity index (χ4n) is 0.744. The fourth-order valence-corrected chi connectivity index (χ4v) is 0.744. The third kappa shape index (κ3) is 4.68. The van der Waals surface area contributed by atoms with Gasteiger partial charge in [-0.05, 0) is 0 Å². The lowest BCUT2D eigenvalue weighted by Crippen LogP contribution is -2.45. The number of halogens is 3. The zero-order chi connectivity index (χ0) is 11.4. The molecule has 1 atom stereocenters. The highest BCUT2D eigenvalue weighted by Crippen LogP contribution is 2.22. The Morgan fingerprint density at radius 3 is 2.21 bits per heavy atom. The maximum atomic E-state index is 12.2. The van der Waals surface area contributed by atoms with Crippen molar-refractivity contribution in [1.82, 2.24) is 5.32 Å². The number of carbonyl (C=O) groups is 2. The Kier molecular flexibility index (Phi) is 4.39. The molecule has 0 aliphatic rings. The summed E-state index contributed by atoms with van der Waals surface area (Å²) in [5.74, 6) is -1.88. The smallest absolute Gasteiger partial charge is 0.409 e. The van der Waals surface area contributed by atoms with E-state index >= 15 is 0 Å². The third-order valence-corrected chi connectivity index (χ3v) is 1.37. The molecule has 1 amide bonds. The number of alkyl halides is 3. The zero-order valence-corrected chi connectivity index (χ0v) is 7.64. The molecule has 0 rings (SSSR count). The summed E-state index contributed by atoms with van der Waals surface area (Å²) in [6.45, 7) is 0.940. The summed E-state index contributed by atoms with van der Waals surface area (Å²) in [7, 11) is 0.976. The second-order valence-electron chi connectivity index (χ2n) is 2.57. The van der Waals surface area contributed by atoms with Crippen LogP contribution in [0.15, 0.2) is 0 Å². The molecule has 0 heterocycles. The van der Waals surface area contributed by atoms with Gasteiger partial charge in [-0.25, -0.2) is 0 Å². The predicted molar refractivity (Wildman–Crippen MR) is 40.3 cm³/mol. The highest BCUT2D eigenvalue weighted by atomic mass is 19.4. The Balaban J connectivity index is 4.41. The van der Waals surface area contributed by atoms with Gasteiger partial charge < -0.3 is 10.1 Å². The lowest BCUT2D eigenvalue weighted by molar-refractivity contribution is -0.170. The highest BCUT2D eigenvalue weighted by molar-refractivity contribution is 5.75. The second kappa shape index (κ2) is 4.83. The first-order chi connectivity index (χ1) is 6.27. The Labute approximate surface area is 78.4 Å². The fraction of sp³-hybridized carbons (Fsp3) is 0.714. The molecule has 0 aromatic rings. The SMILES string of the molecule is COC(=O)C[C@H](NC(C)=O)C(F)(F)F. The molecule has 0 aromatic carbocycles. The van der Waals surface area contributed by atoms with E-state index in [1.165, 1.54) is 0 Å². The molecule has 0 aromatic heterocycles. The summed E-state index contributed by atoms with van der Waals surface area (Å²) in [5.41, 5.74) is 0. The van der Waals surface area contributed by atoms with Crippen molar-refractivity contribution >= 4 is 11.9 Å². The van der Waals surface area contributed by atoms with Gasteiger partial charge in [0.1, 0.15) is 6.04 Å². The maximum absolute atomic E-state index is 12.2. The van der Waals surface area contributed by atoms with Crippen molar-refractivity contribution in [2.24, 2.45) is 0 Å². The van der Waals surface area contributed by atoms with Gasteiger partial charge in [-0.2, -0.15) is 13.2 Å². The molecule has 0 bridgehead atoms. The van der Waals surface area contributed by atoms with Crippen molar-refractivity contribution < 1.29 is 27.5 Å². The molecule has 0 aliphatic heterocycles. The van der Waals surface area contributed by atoms with E-state index in [4.69, 9.17) is 0 Å². The minimum absolute atomic E-state index is 0.851. The van der Waals surface area contributed by atoms with Crippen LogP contribution in [0.3, 0.4) is 0 Å². The third-order valence-electron chi connectivity index (χ3n) is 1.37. The molecule has 7 heteroatoms. The Morgan fingerprint density at radius 1 is 1.43 bits per heavy atom. The Hall–Kier alpha value is -1.27. The number of nitrogens with one attached hydrogen (secondary N) is 1. The van der Waals surface area contributed by atoms with Crippen molar-refractivity contribution in [2.45, 2.75) is 25.6 Å². The first-order valence-electron chi connectivity index (χ1n) is 3.68. The molecule has 14 heavy (non-hydrogen) atoms. The summed E-state index contributed by atoms with van der Waals surface area (Å²) in [4.78, 5) is 21.0. The van der Waals surface area contributed by atoms with Gasteiger partial charge in [0.2, 0.25) is 5.91 Å². The van der Waals surface area contributed by atoms with Crippen molar-refractivity contribution in [2.75, 3.05) is 7.11 Å². The summed E-state index contributed by atoms with van der Waals surface area (Å²) in [6, 6.07) is -2.19. The average Bonchev–Trinajstić information content (AvgIpc) is 2.00. The number of amides is 1. The average molecular weight is 213 g/mol. The Morgan fingerprint density at radius 2 is 1.93 bits per heavy atom. The summed E-state index contributed by atoms with van der Waals surface area (Å²) in [6.07, 6.45) is -5.57. The second-order valence-corrected chi connectivity index (χ2v) is 2.57. The predicted octanol–water partition coefficient (Wildman–Crippen LogP) is 0.616. The first-order valence-corrected chi connectivity index (χ1v) is 3.68. The van der Waals surface area contributed by atoms with Gasteiger partial charge in [0.15, 0.2) is 0 Å². The van der Waals surface area contributed by atoms with Crippen LogP contribution in [0, 0.1) is 0 Å². The quantitative estimate of drug-likeness (QED) is 0.699. The summed E-state index contributed by atoms with van der Waals surface area (Å²) < 4.78 is 40.5. The van der Waals surface area contributed by atoms with E-state index in [0.29, 0.717) is 0 Å². The normalized spacial score (nSPS) is 13.2. The van der Waals surface area contributed by atoms with Gasteiger partial charge in [0.05, 0.1) is 13.5 Å². The van der Waals surface area contributed by atoms with E-state index < -0.39 is 30.5 Å². The van der Waals surface area contributed by atoms with E-state index in [9.17, 15) is 22.8 Å². The number of hydrogen-bond acceptors (Lipinski definition) is 3. The number of rotatable bonds is 3. The van der Waals surface area contributed by atoms with E-state index in [2.05, 4.69) is 4.74 Å². The van der Waals surface area contributed by atoms with E-state index in [1.807, 2.05) is 0 Å². The molecule has 0 radical (unpaired) electrons. The van der Waals surface area contributed by atoms with Crippen LogP contribution in [0.1, 0.15) is 13.3 Å². The van der Waals surface area contributed by atoms with Crippen LogP contribution < -0.4 is 5.32 Å². The van der Waals surface area contributed by atoms with Gasteiger partial charge in [-0.1, -0.05) is 0 Å². The van der Waals surface area contributed by atoms with Crippen molar-refractivity contribution in [3.63, 3.8) is 0 Å². The molecule has 1 N–H and O–H groups in total. The largest absolute Gasteiger partial charge is 0.469 e. The van der Waals surface area contributed by atoms with Gasteiger partial charge >= 0.3 is 12.1 Å². The number of carbonyl (C=O) groups excluding carboxylic acids is 2. The zero-order valence-electron chi connectivity index (χ0n) is 7.64. The number of hydrogen-bond donors (Lipinski definition) is 1. The summed E-state index contributed by atoms with van der Waals surface area (Å²) in [5, 5.41) is 1.62. The Bertz CT molecular complexity index is 227. The molecular weight excluding hydrogens is 203 g/mol. The minimum atomic E-state index is -4.65. The van der Waals surface area contributed by atoms with E-state index in [1.54, 1.807) is 5.32 Å². The molecule has 4 nitrogen and oxygen atoms in total. The standard InChI is InChI=1S/C7H10F3NO3/c1-4(12)11-5(7(8,9)10)3-6(13)14-2/h5H,3H2,1-2H3,(H,11,12)/t5-/m0/s1. The van der Waals surface area contributed by atoms with Crippen LogP contribution in [0.2, 0.25) is 0 Å². The van der Waals surface area contributed by atoms with Crippen LogP contribution >= 0.6 is 0 Å².